The van der Waals surface area contributed by atoms with Crippen molar-refractivity contribution in [2.24, 2.45) is 0 Å². The molecule has 0 radical (unpaired) electrons. The summed E-state index contributed by atoms with van der Waals surface area (Å²) in [5, 5.41) is 16.0. The van der Waals surface area contributed by atoms with Crippen LogP contribution >= 0.6 is 7.26 Å². The van der Waals surface area contributed by atoms with Crippen LogP contribution < -0.4 is 21.2 Å². The molecule has 1 aliphatic carbocycles. The molecule has 1 saturated carbocycles. The second kappa shape index (κ2) is 9.73. The van der Waals surface area contributed by atoms with Crippen LogP contribution in [0.5, 0.6) is 0 Å². The quantitative estimate of drug-likeness (QED) is 0.349. The molecular weight excluding hydrogens is 459 g/mol. The summed E-state index contributed by atoms with van der Waals surface area (Å²) >= 11 is 0. The Balaban J connectivity index is 1.75. The predicted molar refractivity (Wildman–Crippen MR) is 152 cm³/mol. The van der Waals surface area contributed by atoms with E-state index in [1.54, 1.807) is 0 Å². The average Bonchev–Trinajstić information content (AvgIpc) is 2.89. The number of amides is 1. The van der Waals surface area contributed by atoms with Crippen molar-refractivity contribution in [2.45, 2.75) is 38.3 Å². The zero-order valence-electron chi connectivity index (χ0n) is 20.8. The fourth-order valence-electron chi connectivity index (χ4n) is 6.15. The van der Waals surface area contributed by atoms with Gasteiger partial charge >= 0.3 is 214 Å². The number of carbonyl (C=O) groups excluding carboxylic acids is 1. The Kier molecular flexibility index (Phi) is 6.48. The summed E-state index contributed by atoms with van der Waals surface area (Å²) in [5.74, 6) is 0.0906. The van der Waals surface area contributed by atoms with Crippen molar-refractivity contribution in [3.8, 4) is 6.07 Å². The van der Waals surface area contributed by atoms with E-state index in [4.69, 9.17) is 0 Å². The van der Waals surface area contributed by atoms with Crippen LogP contribution in [0.4, 0.5) is 5.69 Å². The predicted octanol–water partition coefficient (Wildman–Crippen LogP) is 5.76. The Labute approximate surface area is 214 Å². The molecule has 1 fully saturated rings. The maximum absolute atomic E-state index is 14.6. The minimum atomic E-state index is -2.82. The number of nitriles is 1. The summed E-state index contributed by atoms with van der Waals surface area (Å²) < 4.78 is 0. The molecule has 0 heterocycles. The van der Waals surface area contributed by atoms with E-state index in [1.165, 1.54) is 15.9 Å². The van der Waals surface area contributed by atoms with Gasteiger partial charge in [0, 0.05) is 0 Å². The summed E-state index contributed by atoms with van der Waals surface area (Å²) in [7, 11) is -2.82. The van der Waals surface area contributed by atoms with Crippen molar-refractivity contribution in [1.29, 1.82) is 5.26 Å². The van der Waals surface area contributed by atoms with Crippen LogP contribution in [-0.4, -0.2) is 11.1 Å². The number of nitrogens with zero attached hydrogens (tertiary/aromatic N) is 1. The molecule has 0 spiro atoms. The van der Waals surface area contributed by atoms with E-state index in [0.717, 1.165) is 36.1 Å². The van der Waals surface area contributed by atoms with Gasteiger partial charge in [0.1, 0.15) is 0 Å². The van der Waals surface area contributed by atoms with Gasteiger partial charge in [0.15, 0.2) is 0 Å². The normalized spacial score (nSPS) is 14.8. The first-order chi connectivity index (χ1) is 17.5. The summed E-state index contributed by atoms with van der Waals surface area (Å²) in [6, 6.07) is 38.0. The molecule has 4 aromatic carbocycles. The van der Waals surface area contributed by atoms with Gasteiger partial charge in [-0.15, -0.1) is 0 Å². The first-order valence-electron chi connectivity index (χ1n) is 12.5. The number of carbonyl (C=O) groups is 1. The maximum atomic E-state index is 14.6. The number of benzene rings is 4. The van der Waals surface area contributed by atoms with Crippen LogP contribution in [0.3, 0.4) is 0 Å². The molecule has 1 N–H and O–H groups in total. The Hall–Kier alpha value is -3.73. The summed E-state index contributed by atoms with van der Waals surface area (Å²) in [4.78, 5) is 14.6. The second-order valence-corrected chi connectivity index (χ2v) is 14.0. The first kappa shape index (κ1) is 24.0. The number of nitrogens with one attached hydrogen (secondary N) is 1. The van der Waals surface area contributed by atoms with E-state index in [1.807, 2.05) is 26.0 Å². The van der Waals surface area contributed by atoms with Gasteiger partial charge in [-0.25, -0.2) is 0 Å². The third-order valence-electron chi connectivity index (χ3n) is 7.88. The van der Waals surface area contributed by atoms with Crippen LogP contribution in [0.2, 0.25) is 0 Å². The molecule has 0 unspecified atom stereocenters. The molecule has 1 amide bonds. The molecule has 4 heteroatoms. The van der Waals surface area contributed by atoms with Gasteiger partial charge in [0.05, 0.1) is 0 Å². The van der Waals surface area contributed by atoms with Gasteiger partial charge in [0.2, 0.25) is 0 Å². The fraction of sp³-hybridized carbons (Fsp3) is 0.188. The third-order valence-corrected chi connectivity index (χ3v) is 13.6. The molecule has 180 valence electrons. The van der Waals surface area contributed by atoms with Gasteiger partial charge in [-0.3, -0.25) is 0 Å². The van der Waals surface area contributed by atoms with Gasteiger partial charge in [0.25, 0.3) is 0 Å². The van der Waals surface area contributed by atoms with Crippen LogP contribution in [-0.2, 0) is 4.79 Å². The van der Waals surface area contributed by atoms with Crippen molar-refractivity contribution < 1.29 is 4.79 Å². The van der Waals surface area contributed by atoms with Gasteiger partial charge in [-0.05, 0) is 0 Å². The summed E-state index contributed by atoms with van der Waals surface area (Å²) in [6.45, 7) is 3.93. The number of aryl methyl sites for hydroxylation is 2. The average molecular weight is 491 g/mol. The van der Waals surface area contributed by atoms with Gasteiger partial charge in [-0.2, -0.15) is 0 Å². The monoisotopic (exact) mass is 490 g/mol. The zero-order chi connectivity index (χ0) is 25.2. The summed E-state index contributed by atoms with van der Waals surface area (Å²) in [5.41, 5.74) is 3.27. The summed E-state index contributed by atoms with van der Waals surface area (Å²) in [6.07, 6.45) is 2.72. The van der Waals surface area contributed by atoms with Crippen molar-refractivity contribution in [3.05, 3.63) is 120 Å². The Bertz CT molecular complexity index is 1300. The molecule has 0 bridgehead atoms. The van der Waals surface area contributed by atoms with E-state index in [9.17, 15) is 10.1 Å². The Morgan fingerprint density at radius 1 is 0.778 bits per heavy atom. The van der Waals surface area contributed by atoms with Crippen LogP contribution in [0.15, 0.2) is 103 Å². The first-order valence-corrected chi connectivity index (χ1v) is 14.5. The van der Waals surface area contributed by atoms with E-state index >= 15 is 0 Å². The van der Waals surface area contributed by atoms with Gasteiger partial charge < -0.3 is 0 Å². The number of hydrogen-bond acceptors (Lipinski definition) is 2. The number of rotatable bonds is 6. The van der Waals surface area contributed by atoms with Crippen LogP contribution in [0.1, 0.15) is 36.0 Å². The van der Waals surface area contributed by atoms with E-state index < -0.39 is 12.4 Å². The van der Waals surface area contributed by atoms with Crippen LogP contribution in [0, 0.1) is 25.2 Å². The zero-order valence-corrected chi connectivity index (χ0v) is 21.8. The molecule has 4 aromatic rings. The molecule has 3 nitrogen and oxygen atoms in total. The molecule has 0 aliphatic heterocycles. The standard InChI is InChI=1S/C32H31N2OP/c1-24-21-26(23-33)22-25(2)30(24)34-31(35)32(19-12-20-32)36(27-13-6-3-7-14-27,28-15-8-4-9-16-28)29-17-10-5-11-18-29/h3-11,13-18,21-22,36H,12,19-20H2,1-2H3,(H,34,35). The number of anilines is 1. The molecule has 0 atom stereocenters. The molecule has 36 heavy (non-hydrogen) atoms. The fourth-order valence-corrected chi connectivity index (χ4v) is 12.4. The Morgan fingerprint density at radius 2 is 1.19 bits per heavy atom. The minimum absolute atomic E-state index is 0.0906. The molecule has 0 aromatic heterocycles. The van der Waals surface area contributed by atoms with E-state index in [-0.39, 0.29) is 5.91 Å². The van der Waals surface area contributed by atoms with Gasteiger partial charge in [-0.1, -0.05) is 0 Å². The SMILES string of the molecule is Cc1cc(C#N)cc(C)c1NC(=O)C1([PH](c2ccccc2)(c2ccccc2)c2ccccc2)CCC1. The van der Waals surface area contributed by atoms with E-state index in [0.29, 0.717) is 5.56 Å². The van der Waals surface area contributed by atoms with E-state index in [2.05, 4.69) is 102 Å². The van der Waals surface area contributed by atoms with Crippen molar-refractivity contribution >= 4 is 34.8 Å². The topological polar surface area (TPSA) is 52.9 Å². The second-order valence-electron chi connectivity index (χ2n) is 9.83. The Morgan fingerprint density at radius 3 is 1.53 bits per heavy atom. The molecule has 0 saturated heterocycles. The van der Waals surface area contributed by atoms with Crippen molar-refractivity contribution in [2.75, 3.05) is 5.32 Å². The van der Waals surface area contributed by atoms with Crippen LogP contribution in [0.25, 0.3) is 0 Å². The van der Waals surface area contributed by atoms with Crippen molar-refractivity contribution in [3.63, 3.8) is 0 Å². The molecule has 5 rings (SSSR count). The molecular formula is C32H31N2OP. The number of hydrogen-bond donors (Lipinski definition) is 1. The third kappa shape index (κ3) is 3.74. The van der Waals surface area contributed by atoms with Crippen molar-refractivity contribution in [1.82, 2.24) is 0 Å². The molecule has 1 aliphatic rings.